The van der Waals surface area contributed by atoms with Crippen molar-refractivity contribution in [3.63, 3.8) is 0 Å². The Kier molecular flexibility index (Phi) is 2.46. The summed E-state index contributed by atoms with van der Waals surface area (Å²) < 4.78 is 0. The standard InChI is InChI=1S/C5H6N2/c1-2-3-5(7)4-6/h2-3H,1,7H2. The molecule has 2 heteroatoms. The minimum Gasteiger partial charge on any atom is -0.390 e. The van der Waals surface area contributed by atoms with E-state index in [4.69, 9.17) is 11.0 Å². The van der Waals surface area contributed by atoms with E-state index < -0.39 is 0 Å². The molecule has 0 aromatic carbocycles. The number of rotatable bonds is 1. The zero-order valence-electron chi connectivity index (χ0n) is 3.89. The molecule has 0 radical (unpaired) electrons. The first-order valence-corrected chi connectivity index (χ1v) is 1.79. The van der Waals surface area contributed by atoms with Gasteiger partial charge in [0.1, 0.15) is 11.8 Å². The van der Waals surface area contributed by atoms with Crippen LogP contribution in [0.25, 0.3) is 0 Å². The average molecular weight is 94.1 g/mol. The van der Waals surface area contributed by atoms with Crippen LogP contribution in [0.4, 0.5) is 0 Å². The predicted molar refractivity (Wildman–Crippen MR) is 28.1 cm³/mol. The zero-order chi connectivity index (χ0) is 5.70. The van der Waals surface area contributed by atoms with E-state index in [1.165, 1.54) is 12.2 Å². The second-order valence-corrected chi connectivity index (χ2v) is 0.970. The van der Waals surface area contributed by atoms with E-state index in [0.29, 0.717) is 0 Å². The van der Waals surface area contributed by atoms with Crippen LogP contribution in [0.2, 0.25) is 0 Å². The summed E-state index contributed by atoms with van der Waals surface area (Å²) in [6.07, 6.45) is 2.92. The summed E-state index contributed by atoms with van der Waals surface area (Å²) in [7, 11) is 0. The lowest BCUT2D eigenvalue weighted by molar-refractivity contribution is 1.39. The van der Waals surface area contributed by atoms with Crippen molar-refractivity contribution < 1.29 is 0 Å². The molecule has 0 bridgehead atoms. The highest BCUT2D eigenvalue weighted by Crippen LogP contribution is 1.76. The van der Waals surface area contributed by atoms with Crippen LogP contribution in [-0.2, 0) is 0 Å². The minimum absolute atomic E-state index is 0.190. The van der Waals surface area contributed by atoms with Gasteiger partial charge in [0.25, 0.3) is 0 Å². The number of nitrogens with two attached hydrogens (primary N) is 1. The Morgan fingerprint density at radius 2 is 2.43 bits per heavy atom. The highest BCUT2D eigenvalue weighted by molar-refractivity contribution is 5.20. The van der Waals surface area contributed by atoms with Crippen molar-refractivity contribution >= 4 is 0 Å². The third-order valence-electron chi connectivity index (χ3n) is 0.427. The number of hydrogen-bond acceptors (Lipinski definition) is 2. The first kappa shape index (κ1) is 5.77. The second-order valence-electron chi connectivity index (χ2n) is 0.970. The summed E-state index contributed by atoms with van der Waals surface area (Å²) in [5, 5.41) is 7.97. The normalized spacial score (nSPS) is 9.86. The molecule has 0 unspecified atom stereocenters. The maximum atomic E-state index is 7.97. The fraction of sp³-hybridized carbons (Fsp3) is 0. The Bertz CT molecular complexity index is 128. The van der Waals surface area contributed by atoms with Crippen molar-refractivity contribution in [2.45, 2.75) is 0 Å². The van der Waals surface area contributed by atoms with Crippen LogP contribution in [0.1, 0.15) is 0 Å². The molecular formula is C5H6N2. The van der Waals surface area contributed by atoms with Crippen molar-refractivity contribution in [3.8, 4) is 6.07 Å². The van der Waals surface area contributed by atoms with E-state index in [1.54, 1.807) is 6.07 Å². The molecule has 2 N–H and O–H groups in total. The summed E-state index contributed by atoms with van der Waals surface area (Å²) >= 11 is 0. The molecular weight excluding hydrogens is 88.1 g/mol. The number of hydrogen-bond donors (Lipinski definition) is 1. The van der Waals surface area contributed by atoms with Crippen LogP contribution in [0.3, 0.4) is 0 Å². The van der Waals surface area contributed by atoms with Crippen molar-refractivity contribution in [2.75, 3.05) is 0 Å². The topological polar surface area (TPSA) is 49.8 Å². The lowest BCUT2D eigenvalue weighted by atomic mass is 10.4. The molecule has 2 nitrogen and oxygen atoms in total. The van der Waals surface area contributed by atoms with Crippen LogP contribution in [0.5, 0.6) is 0 Å². The third kappa shape index (κ3) is 2.58. The Morgan fingerprint density at radius 1 is 1.86 bits per heavy atom. The van der Waals surface area contributed by atoms with Gasteiger partial charge in [-0.25, -0.2) is 0 Å². The summed E-state index contributed by atoms with van der Waals surface area (Å²) in [5.74, 6) is 0. The molecule has 7 heavy (non-hydrogen) atoms. The van der Waals surface area contributed by atoms with Crippen LogP contribution in [0.15, 0.2) is 24.4 Å². The molecule has 0 aromatic rings. The molecule has 0 aliphatic carbocycles. The van der Waals surface area contributed by atoms with Gasteiger partial charge in [-0.3, -0.25) is 0 Å². The van der Waals surface area contributed by atoms with E-state index in [0.717, 1.165) is 0 Å². The molecule has 0 spiro atoms. The van der Waals surface area contributed by atoms with E-state index >= 15 is 0 Å². The van der Waals surface area contributed by atoms with Gasteiger partial charge in [-0.15, -0.1) is 0 Å². The molecule has 0 aromatic heterocycles. The monoisotopic (exact) mass is 94.1 g/mol. The van der Waals surface area contributed by atoms with Crippen molar-refractivity contribution in [1.29, 1.82) is 5.26 Å². The van der Waals surface area contributed by atoms with Gasteiger partial charge in [-0.1, -0.05) is 12.7 Å². The van der Waals surface area contributed by atoms with Gasteiger partial charge in [-0.2, -0.15) is 5.26 Å². The second kappa shape index (κ2) is 2.98. The molecule has 36 valence electrons. The largest absolute Gasteiger partial charge is 0.390 e. The lowest BCUT2D eigenvalue weighted by Crippen LogP contribution is -1.90. The Balaban J connectivity index is 3.80. The minimum atomic E-state index is 0.190. The van der Waals surface area contributed by atoms with E-state index in [1.807, 2.05) is 0 Å². The number of allylic oxidation sites excluding steroid dienone is 3. The van der Waals surface area contributed by atoms with Gasteiger partial charge in [0.2, 0.25) is 0 Å². The van der Waals surface area contributed by atoms with Crippen molar-refractivity contribution in [3.05, 3.63) is 24.4 Å². The SMILES string of the molecule is C=CC=C(N)C#N. The molecule has 0 heterocycles. The first-order chi connectivity index (χ1) is 3.31. The van der Waals surface area contributed by atoms with E-state index in [9.17, 15) is 0 Å². The molecule has 0 saturated heterocycles. The Morgan fingerprint density at radius 3 is 2.57 bits per heavy atom. The number of nitrogens with zero attached hydrogens (tertiary/aromatic N) is 1. The van der Waals surface area contributed by atoms with Gasteiger partial charge in [0.15, 0.2) is 0 Å². The Hall–Kier alpha value is -1.23. The zero-order valence-corrected chi connectivity index (χ0v) is 3.89. The van der Waals surface area contributed by atoms with Gasteiger partial charge in [0.05, 0.1) is 0 Å². The molecule has 0 rings (SSSR count). The molecule has 0 atom stereocenters. The predicted octanol–water partition coefficient (Wildman–Crippen LogP) is 0.539. The van der Waals surface area contributed by atoms with E-state index in [2.05, 4.69) is 6.58 Å². The van der Waals surface area contributed by atoms with Crippen molar-refractivity contribution in [1.82, 2.24) is 0 Å². The smallest absolute Gasteiger partial charge is 0.117 e. The summed E-state index contributed by atoms with van der Waals surface area (Å²) in [5.41, 5.74) is 5.20. The summed E-state index contributed by atoms with van der Waals surface area (Å²) in [4.78, 5) is 0. The molecule has 0 saturated carbocycles. The molecule has 0 aliphatic rings. The summed E-state index contributed by atoms with van der Waals surface area (Å²) in [6.45, 7) is 3.34. The third-order valence-corrected chi connectivity index (χ3v) is 0.427. The fourth-order valence-corrected chi connectivity index (χ4v) is 0.164. The fourth-order valence-electron chi connectivity index (χ4n) is 0.164. The van der Waals surface area contributed by atoms with Crippen LogP contribution >= 0.6 is 0 Å². The highest BCUT2D eigenvalue weighted by atomic mass is 14.6. The van der Waals surface area contributed by atoms with Gasteiger partial charge >= 0.3 is 0 Å². The van der Waals surface area contributed by atoms with Crippen LogP contribution in [0, 0.1) is 11.3 Å². The summed E-state index contributed by atoms with van der Waals surface area (Å²) in [6, 6.07) is 1.73. The molecule has 0 fully saturated rings. The van der Waals surface area contributed by atoms with Gasteiger partial charge in [-0.05, 0) is 6.08 Å². The maximum absolute atomic E-state index is 7.97. The van der Waals surface area contributed by atoms with Crippen molar-refractivity contribution in [2.24, 2.45) is 5.73 Å². The maximum Gasteiger partial charge on any atom is 0.117 e. The van der Waals surface area contributed by atoms with Crippen LogP contribution < -0.4 is 5.73 Å². The average Bonchev–Trinajstić information content (AvgIpc) is 1.68. The quantitative estimate of drug-likeness (QED) is 0.381. The first-order valence-electron chi connectivity index (χ1n) is 1.79. The highest BCUT2D eigenvalue weighted by Gasteiger charge is 1.73. The Labute approximate surface area is 42.6 Å². The van der Waals surface area contributed by atoms with E-state index in [-0.39, 0.29) is 5.70 Å². The molecule has 0 aliphatic heterocycles. The number of nitriles is 1. The molecule has 0 amide bonds. The van der Waals surface area contributed by atoms with Gasteiger partial charge in [0, 0.05) is 0 Å². The van der Waals surface area contributed by atoms with Crippen LogP contribution in [-0.4, -0.2) is 0 Å². The van der Waals surface area contributed by atoms with Gasteiger partial charge < -0.3 is 5.73 Å². The lowest BCUT2D eigenvalue weighted by Gasteiger charge is -1.74.